The maximum absolute atomic E-state index is 6.09. The molecule has 0 fully saturated rings. The van der Waals surface area contributed by atoms with Crippen molar-refractivity contribution in [2.24, 2.45) is 0 Å². The molecule has 0 aliphatic heterocycles. The van der Waals surface area contributed by atoms with E-state index >= 15 is 0 Å². The predicted octanol–water partition coefficient (Wildman–Crippen LogP) is 3.80. The third-order valence-electron chi connectivity index (χ3n) is 2.63. The number of halogens is 1. The van der Waals surface area contributed by atoms with E-state index in [4.69, 9.17) is 11.6 Å². The number of rotatable bonds is 4. The molecule has 0 saturated carbocycles. The molecule has 96 valence electrons. The van der Waals surface area contributed by atoms with Crippen LogP contribution in [0.4, 0.5) is 5.95 Å². The molecule has 0 aliphatic carbocycles. The first kappa shape index (κ1) is 12.2. The third-order valence-corrected chi connectivity index (χ3v) is 3.88. The Hall–Kier alpha value is -1.85. The summed E-state index contributed by atoms with van der Waals surface area (Å²) in [4.78, 5) is 5.45. The van der Waals surface area contributed by atoms with Crippen molar-refractivity contribution in [3.63, 3.8) is 0 Å². The van der Waals surface area contributed by atoms with E-state index in [1.165, 1.54) is 0 Å². The van der Waals surface area contributed by atoms with Gasteiger partial charge in [-0.15, -0.1) is 16.4 Å². The first-order valence-electron chi connectivity index (χ1n) is 5.76. The molecule has 0 amide bonds. The van der Waals surface area contributed by atoms with E-state index in [2.05, 4.69) is 20.5 Å². The van der Waals surface area contributed by atoms with Crippen LogP contribution in [0, 0.1) is 0 Å². The van der Waals surface area contributed by atoms with Gasteiger partial charge in [-0.05, 0) is 23.1 Å². The minimum atomic E-state index is 0.573. The second kappa shape index (κ2) is 5.42. The molecule has 0 spiro atoms. The number of hydrogen-bond donors (Lipinski definition) is 2. The molecule has 2 heterocycles. The Balaban J connectivity index is 1.70. The number of benzene rings is 1. The number of nitrogens with zero attached hydrogens (tertiary/aromatic N) is 2. The van der Waals surface area contributed by atoms with Crippen LogP contribution in [-0.4, -0.2) is 15.2 Å². The van der Waals surface area contributed by atoms with E-state index in [9.17, 15) is 0 Å². The maximum Gasteiger partial charge on any atom is 0.242 e. The quantitative estimate of drug-likeness (QED) is 0.768. The number of anilines is 1. The standard InChI is InChI=1S/C13H11ClN4S/c14-10-5-2-1-4-9(10)8-15-13-16-12(17-18-13)11-6-3-7-19-11/h1-7H,8H2,(H2,15,16,17,18). The van der Waals surface area contributed by atoms with Gasteiger partial charge in [0.2, 0.25) is 5.95 Å². The zero-order valence-corrected chi connectivity index (χ0v) is 11.5. The van der Waals surface area contributed by atoms with Crippen LogP contribution in [0.5, 0.6) is 0 Å². The van der Waals surface area contributed by atoms with Crippen LogP contribution in [0.15, 0.2) is 41.8 Å². The zero-order valence-electron chi connectivity index (χ0n) is 9.93. The highest BCUT2D eigenvalue weighted by Crippen LogP contribution is 2.22. The molecule has 3 aromatic rings. The van der Waals surface area contributed by atoms with Crippen molar-refractivity contribution in [3.8, 4) is 10.7 Å². The van der Waals surface area contributed by atoms with Crippen LogP contribution in [-0.2, 0) is 6.54 Å². The summed E-state index contributed by atoms with van der Waals surface area (Å²) in [5.74, 6) is 1.35. The predicted molar refractivity (Wildman–Crippen MR) is 78.5 cm³/mol. The molecule has 0 atom stereocenters. The van der Waals surface area contributed by atoms with Crippen LogP contribution >= 0.6 is 22.9 Å². The highest BCUT2D eigenvalue weighted by molar-refractivity contribution is 7.13. The van der Waals surface area contributed by atoms with E-state index < -0.39 is 0 Å². The summed E-state index contributed by atoms with van der Waals surface area (Å²) in [6, 6.07) is 11.7. The normalized spacial score (nSPS) is 10.6. The van der Waals surface area contributed by atoms with Crippen molar-refractivity contribution < 1.29 is 0 Å². The molecule has 6 heteroatoms. The van der Waals surface area contributed by atoms with E-state index in [0.717, 1.165) is 21.3 Å². The highest BCUT2D eigenvalue weighted by Gasteiger charge is 2.06. The fraction of sp³-hybridized carbons (Fsp3) is 0.0769. The van der Waals surface area contributed by atoms with Gasteiger partial charge >= 0.3 is 0 Å². The number of nitrogens with one attached hydrogen (secondary N) is 2. The number of hydrogen-bond acceptors (Lipinski definition) is 4. The molecule has 0 unspecified atom stereocenters. The molecular formula is C13H11ClN4S. The molecule has 19 heavy (non-hydrogen) atoms. The Morgan fingerprint density at radius 2 is 2.11 bits per heavy atom. The van der Waals surface area contributed by atoms with Gasteiger partial charge in [0.15, 0.2) is 5.82 Å². The molecule has 2 N–H and O–H groups in total. The summed E-state index contributed by atoms with van der Waals surface area (Å²) in [6.07, 6.45) is 0. The average Bonchev–Trinajstić information content (AvgIpc) is 3.09. The van der Waals surface area contributed by atoms with Gasteiger partial charge in [0.05, 0.1) is 4.88 Å². The van der Waals surface area contributed by atoms with Crippen molar-refractivity contribution in [3.05, 3.63) is 52.4 Å². The van der Waals surface area contributed by atoms with E-state index in [1.54, 1.807) is 11.3 Å². The molecule has 2 aromatic heterocycles. The zero-order chi connectivity index (χ0) is 13.1. The van der Waals surface area contributed by atoms with Crippen LogP contribution < -0.4 is 5.32 Å². The van der Waals surface area contributed by atoms with Crippen LogP contribution in [0.2, 0.25) is 5.02 Å². The Morgan fingerprint density at radius 3 is 2.89 bits per heavy atom. The monoisotopic (exact) mass is 290 g/mol. The molecule has 3 rings (SSSR count). The van der Waals surface area contributed by atoms with Gasteiger partial charge in [-0.2, -0.15) is 4.98 Å². The number of H-pyrrole nitrogens is 1. The Labute approximate surface area is 119 Å². The SMILES string of the molecule is Clc1ccccc1CNc1n[nH]c(-c2cccs2)n1. The van der Waals surface area contributed by atoms with Gasteiger partial charge < -0.3 is 5.32 Å². The molecule has 0 radical (unpaired) electrons. The van der Waals surface area contributed by atoms with Crippen molar-refractivity contribution in [1.82, 2.24) is 15.2 Å². The lowest BCUT2D eigenvalue weighted by molar-refractivity contribution is 1.05. The smallest absolute Gasteiger partial charge is 0.242 e. The van der Waals surface area contributed by atoms with Crippen molar-refractivity contribution >= 4 is 28.9 Å². The Morgan fingerprint density at radius 1 is 1.21 bits per heavy atom. The van der Waals surface area contributed by atoms with Crippen LogP contribution in [0.1, 0.15) is 5.56 Å². The third kappa shape index (κ3) is 2.77. The van der Waals surface area contributed by atoms with Crippen molar-refractivity contribution in [2.45, 2.75) is 6.54 Å². The summed E-state index contributed by atoms with van der Waals surface area (Å²) < 4.78 is 0. The topological polar surface area (TPSA) is 53.6 Å². The van der Waals surface area contributed by atoms with Crippen molar-refractivity contribution in [2.75, 3.05) is 5.32 Å². The molecular weight excluding hydrogens is 280 g/mol. The lowest BCUT2D eigenvalue weighted by Gasteiger charge is -2.03. The minimum Gasteiger partial charge on any atom is -0.349 e. The highest BCUT2D eigenvalue weighted by atomic mass is 35.5. The first-order chi connectivity index (χ1) is 9.33. The lowest BCUT2D eigenvalue weighted by atomic mass is 10.2. The van der Waals surface area contributed by atoms with E-state index in [-0.39, 0.29) is 0 Å². The largest absolute Gasteiger partial charge is 0.349 e. The summed E-state index contributed by atoms with van der Waals surface area (Å²) >= 11 is 7.71. The summed E-state index contributed by atoms with van der Waals surface area (Å²) in [5.41, 5.74) is 1.02. The van der Waals surface area contributed by atoms with Crippen LogP contribution in [0.25, 0.3) is 10.7 Å². The second-order valence-corrected chi connectivity index (χ2v) is 5.28. The summed E-state index contributed by atoms with van der Waals surface area (Å²) in [6.45, 7) is 0.599. The Kier molecular flexibility index (Phi) is 3.48. The number of aromatic amines is 1. The van der Waals surface area contributed by atoms with Gasteiger partial charge in [-0.3, -0.25) is 5.10 Å². The fourth-order valence-corrected chi connectivity index (χ4v) is 2.55. The van der Waals surface area contributed by atoms with Crippen molar-refractivity contribution in [1.29, 1.82) is 0 Å². The summed E-state index contributed by atoms with van der Waals surface area (Å²) in [7, 11) is 0. The molecule has 4 nitrogen and oxygen atoms in total. The van der Waals surface area contributed by atoms with Gasteiger partial charge in [0, 0.05) is 11.6 Å². The van der Waals surface area contributed by atoms with Crippen LogP contribution in [0.3, 0.4) is 0 Å². The minimum absolute atomic E-state index is 0.573. The Bertz CT molecular complexity index is 663. The molecule has 0 bridgehead atoms. The van der Waals surface area contributed by atoms with E-state index in [1.807, 2.05) is 41.8 Å². The molecule has 0 aliphatic rings. The number of thiophene rings is 1. The average molecular weight is 291 g/mol. The number of aromatic nitrogens is 3. The lowest BCUT2D eigenvalue weighted by Crippen LogP contribution is -2.01. The fourth-order valence-electron chi connectivity index (χ4n) is 1.68. The van der Waals surface area contributed by atoms with Gasteiger partial charge in [0.1, 0.15) is 0 Å². The molecule has 0 saturated heterocycles. The van der Waals surface area contributed by atoms with Gasteiger partial charge in [-0.25, -0.2) is 0 Å². The summed E-state index contributed by atoms with van der Waals surface area (Å²) in [5, 5.41) is 12.9. The molecule has 1 aromatic carbocycles. The second-order valence-electron chi connectivity index (χ2n) is 3.93. The van der Waals surface area contributed by atoms with Gasteiger partial charge in [0.25, 0.3) is 0 Å². The van der Waals surface area contributed by atoms with Gasteiger partial charge in [-0.1, -0.05) is 35.9 Å². The van der Waals surface area contributed by atoms with E-state index in [0.29, 0.717) is 12.5 Å². The first-order valence-corrected chi connectivity index (χ1v) is 7.02. The maximum atomic E-state index is 6.09.